The van der Waals surface area contributed by atoms with E-state index in [1.807, 2.05) is 22.4 Å². The molecule has 2 aromatic heterocycles. The Morgan fingerprint density at radius 3 is 2.68 bits per heavy atom. The summed E-state index contributed by atoms with van der Waals surface area (Å²) in [5.41, 5.74) is 2.03. The number of amides is 1. The van der Waals surface area contributed by atoms with Crippen molar-refractivity contribution in [3.63, 3.8) is 0 Å². The molecule has 28 heavy (non-hydrogen) atoms. The van der Waals surface area contributed by atoms with Gasteiger partial charge in [0.05, 0.1) is 35.5 Å². The second kappa shape index (κ2) is 8.28. The minimum Gasteiger partial charge on any atom is -0.462 e. The second-order valence-corrected chi connectivity index (χ2v) is 7.78. The fraction of sp³-hybridized carbons (Fsp3) is 0.450. The maximum absolute atomic E-state index is 13.1. The van der Waals surface area contributed by atoms with Crippen LogP contribution in [0.5, 0.6) is 0 Å². The van der Waals surface area contributed by atoms with E-state index in [0.29, 0.717) is 35.6 Å². The summed E-state index contributed by atoms with van der Waals surface area (Å²) in [6.45, 7) is 8.67. The van der Waals surface area contributed by atoms with Crippen molar-refractivity contribution in [2.75, 3.05) is 31.1 Å². The van der Waals surface area contributed by atoms with Gasteiger partial charge in [0.2, 0.25) is 5.91 Å². The molecule has 3 heterocycles. The average molecular weight is 404 g/mol. The van der Waals surface area contributed by atoms with Crippen molar-refractivity contribution < 1.29 is 19.1 Å². The van der Waals surface area contributed by atoms with Gasteiger partial charge in [-0.1, -0.05) is 0 Å². The summed E-state index contributed by atoms with van der Waals surface area (Å²) >= 11 is 1.53. The smallest absolute Gasteiger partial charge is 0.340 e. The number of esters is 1. The van der Waals surface area contributed by atoms with Gasteiger partial charge < -0.3 is 14.6 Å². The van der Waals surface area contributed by atoms with E-state index in [1.54, 1.807) is 32.6 Å². The van der Waals surface area contributed by atoms with Crippen molar-refractivity contribution in [2.45, 2.75) is 33.7 Å². The van der Waals surface area contributed by atoms with E-state index < -0.39 is 12.0 Å². The van der Waals surface area contributed by atoms with E-state index in [2.05, 4.69) is 4.98 Å². The third-order valence-corrected chi connectivity index (χ3v) is 6.00. The maximum Gasteiger partial charge on any atom is 0.340 e. The van der Waals surface area contributed by atoms with Crippen LogP contribution in [0.4, 0.5) is 5.00 Å². The Labute approximate surface area is 168 Å². The Morgan fingerprint density at radius 2 is 2.07 bits per heavy atom. The van der Waals surface area contributed by atoms with Gasteiger partial charge >= 0.3 is 5.97 Å². The minimum atomic E-state index is -0.471. The van der Waals surface area contributed by atoms with Crippen LogP contribution in [0.25, 0.3) is 0 Å². The lowest BCUT2D eigenvalue weighted by Crippen LogP contribution is -2.54. The highest BCUT2D eigenvalue weighted by Crippen LogP contribution is 2.25. The average Bonchev–Trinajstić information content (AvgIpc) is 3.28. The fourth-order valence-electron chi connectivity index (χ4n) is 3.56. The summed E-state index contributed by atoms with van der Waals surface area (Å²) in [5.74, 6) is -0.575. The molecule has 0 saturated carbocycles. The molecule has 1 amide bonds. The number of hydrogen-bond donors (Lipinski definition) is 1. The Balaban J connectivity index is 1.74. The van der Waals surface area contributed by atoms with E-state index in [0.717, 1.165) is 5.00 Å². The molecule has 0 unspecified atom stereocenters. The third-order valence-electron chi connectivity index (χ3n) is 5.11. The molecule has 0 spiro atoms. The number of nitrogens with zero attached hydrogens (tertiary/aromatic N) is 2. The SMILES string of the molecule is CCOC(=O)c1c(C)[nH]c(C(=O)[C@@H](C)N2CCN(c3cccs3)C(=O)C2)c1C. The number of carbonyl (C=O) groups excluding carboxylic acids is 3. The van der Waals surface area contributed by atoms with E-state index >= 15 is 0 Å². The third kappa shape index (κ3) is 3.74. The zero-order valence-corrected chi connectivity index (χ0v) is 17.4. The summed E-state index contributed by atoms with van der Waals surface area (Å²) in [7, 11) is 0. The van der Waals surface area contributed by atoms with Crippen LogP contribution in [-0.4, -0.2) is 59.8 Å². The summed E-state index contributed by atoms with van der Waals surface area (Å²) < 4.78 is 5.09. The van der Waals surface area contributed by atoms with Crippen molar-refractivity contribution in [1.29, 1.82) is 0 Å². The molecule has 1 atom stereocenters. The number of carbonyl (C=O) groups is 3. The van der Waals surface area contributed by atoms with Gasteiger partial charge in [0.25, 0.3) is 0 Å². The van der Waals surface area contributed by atoms with E-state index in [-0.39, 0.29) is 24.8 Å². The van der Waals surface area contributed by atoms with E-state index in [9.17, 15) is 14.4 Å². The quantitative estimate of drug-likeness (QED) is 0.592. The summed E-state index contributed by atoms with van der Waals surface area (Å²) in [6.07, 6.45) is 0. The standard InChI is InChI=1S/C20H25N3O4S/c1-5-27-20(26)17-12(2)18(21-13(17)3)19(25)14(4)22-8-9-23(15(24)11-22)16-7-6-10-28-16/h6-7,10,14,21H,5,8-9,11H2,1-4H3/t14-/m1/s1. The van der Waals surface area contributed by atoms with Crippen LogP contribution in [0, 0.1) is 13.8 Å². The molecule has 150 valence electrons. The molecule has 0 bridgehead atoms. The Kier molecular flexibility index (Phi) is 6.00. The highest BCUT2D eigenvalue weighted by Gasteiger charge is 2.33. The zero-order valence-electron chi connectivity index (χ0n) is 16.6. The van der Waals surface area contributed by atoms with Crippen LogP contribution in [0.2, 0.25) is 0 Å². The van der Waals surface area contributed by atoms with Crippen molar-refractivity contribution in [1.82, 2.24) is 9.88 Å². The molecule has 3 rings (SSSR count). The van der Waals surface area contributed by atoms with Gasteiger partial charge in [0.1, 0.15) is 0 Å². The molecule has 1 N–H and O–H groups in total. The minimum absolute atomic E-state index is 0.0139. The summed E-state index contributed by atoms with van der Waals surface area (Å²) in [5, 5.41) is 2.87. The maximum atomic E-state index is 13.1. The van der Waals surface area contributed by atoms with Gasteiger partial charge in [-0.25, -0.2) is 4.79 Å². The van der Waals surface area contributed by atoms with Gasteiger partial charge in [-0.3, -0.25) is 14.5 Å². The molecular formula is C20H25N3O4S. The number of aryl methyl sites for hydroxylation is 1. The molecule has 0 aromatic carbocycles. The molecule has 1 saturated heterocycles. The Hall–Kier alpha value is -2.45. The van der Waals surface area contributed by atoms with E-state index in [1.165, 1.54) is 11.3 Å². The number of anilines is 1. The van der Waals surface area contributed by atoms with Crippen LogP contribution in [0.3, 0.4) is 0 Å². The first-order valence-corrected chi connectivity index (χ1v) is 10.2. The zero-order chi connectivity index (χ0) is 20.4. The molecule has 7 nitrogen and oxygen atoms in total. The predicted molar refractivity (Wildman–Crippen MR) is 108 cm³/mol. The van der Waals surface area contributed by atoms with Crippen LogP contribution in [0.15, 0.2) is 17.5 Å². The fourth-order valence-corrected chi connectivity index (χ4v) is 4.33. The molecule has 0 aliphatic carbocycles. The lowest BCUT2D eigenvalue weighted by atomic mass is 10.0. The Bertz CT molecular complexity index is 888. The van der Waals surface area contributed by atoms with Crippen molar-refractivity contribution >= 4 is 34.0 Å². The number of aromatic amines is 1. The van der Waals surface area contributed by atoms with Crippen molar-refractivity contribution in [3.8, 4) is 0 Å². The van der Waals surface area contributed by atoms with Gasteiger partial charge in [0, 0.05) is 18.8 Å². The topological polar surface area (TPSA) is 82.7 Å². The molecule has 1 aliphatic heterocycles. The number of Topliss-reactive ketones (excluding diaryl/α,β-unsaturated/α-hetero) is 1. The van der Waals surface area contributed by atoms with E-state index in [4.69, 9.17) is 4.74 Å². The van der Waals surface area contributed by atoms with Gasteiger partial charge in [-0.2, -0.15) is 0 Å². The normalized spacial score (nSPS) is 16.3. The van der Waals surface area contributed by atoms with Crippen molar-refractivity contribution in [2.24, 2.45) is 0 Å². The molecule has 2 aromatic rings. The lowest BCUT2D eigenvalue weighted by Gasteiger charge is -2.36. The first-order valence-electron chi connectivity index (χ1n) is 9.33. The van der Waals surface area contributed by atoms with Crippen LogP contribution >= 0.6 is 11.3 Å². The number of ketones is 1. The summed E-state index contributed by atoms with van der Waals surface area (Å²) in [6, 6.07) is 3.37. The van der Waals surface area contributed by atoms with Crippen LogP contribution < -0.4 is 4.90 Å². The molecule has 0 radical (unpaired) electrons. The second-order valence-electron chi connectivity index (χ2n) is 6.85. The molecular weight excluding hydrogens is 378 g/mol. The summed E-state index contributed by atoms with van der Waals surface area (Å²) in [4.78, 5) is 44.5. The van der Waals surface area contributed by atoms with Crippen molar-refractivity contribution in [3.05, 3.63) is 40.0 Å². The molecule has 8 heteroatoms. The largest absolute Gasteiger partial charge is 0.462 e. The number of H-pyrrole nitrogens is 1. The monoisotopic (exact) mass is 403 g/mol. The number of thiophene rings is 1. The number of nitrogens with one attached hydrogen (secondary N) is 1. The van der Waals surface area contributed by atoms with Crippen LogP contribution in [-0.2, 0) is 9.53 Å². The Morgan fingerprint density at radius 1 is 1.32 bits per heavy atom. The van der Waals surface area contributed by atoms with Gasteiger partial charge in [-0.15, -0.1) is 11.3 Å². The van der Waals surface area contributed by atoms with Gasteiger partial charge in [-0.05, 0) is 50.8 Å². The van der Waals surface area contributed by atoms with Crippen LogP contribution in [0.1, 0.15) is 46.0 Å². The predicted octanol–water partition coefficient (Wildman–Crippen LogP) is 2.79. The number of piperazine rings is 1. The first kappa shape index (κ1) is 20.3. The highest BCUT2D eigenvalue weighted by molar-refractivity contribution is 7.14. The molecule has 1 fully saturated rings. The van der Waals surface area contributed by atoms with Gasteiger partial charge in [0.15, 0.2) is 5.78 Å². The number of aromatic nitrogens is 1. The lowest BCUT2D eigenvalue weighted by molar-refractivity contribution is -0.121. The number of hydrogen-bond acceptors (Lipinski definition) is 6. The number of rotatable bonds is 6. The number of ether oxygens (including phenoxy) is 1. The first-order chi connectivity index (χ1) is 13.3. The molecule has 1 aliphatic rings. The highest BCUT2D eigenvalue weighted by atomic mass is 32.1.